The lowest BCUT2D eigenvalue weighted by Crippen LogP contribution is -2.00. The summed E-state index contributed by atoms with van der Waals surface area (Å²) in [7, 11) is 1.25. The lowest BCUT2D eigenvalue weighted by molar-refractivity contribution is 0.0703. The van der Waals surface area contributed by atoms with E-state index in [0.717, 1.165) is 23.5 Å². The first-order chi connectivity index (χ1) is 10.9. The number of carboxylic acid groups (broad SMARTS) is 1. The van der Waals surface area contributed by atoms with E-state index in [4.69, 9.17) is 16.3 Å². The Morgan fingerprint density at radius 3 is 2.61 bits per heavy atom. The Hall–Kier alpha value is -2.18. The van der Waals surface area contributed by atoms with Gasteiger partial charge in [-0.1, -0.05) is 17.7 Å². The van der Waals surface area contributed by atoms with Gasteiger partial charge < -0.3 is 9.84 Å². The number of carbonyl (C=O) groups is 1. The molecule has 3 nitrogen and oxygen atoms in total. The Labute approximate surface area is 138 Å². The van der Waals surface area contributed by atoms with Gasteiger partial charge in [0.15, 0.2) is 11.6 Å². The number of rotatable bonds is 3. The smallest absolute Gasteiger partial charge is 0.346 e. The lowest BCUT2D eigenvalue weighted by Gasteiger charge is -2.09. The molecule has 0 saturated carbocycles. The second-order valence-corrected chi connectivity index (χ2v) is 6.18. The van der Waals surface area contributed by atoms with Crippen molar-refractivity contribution in [2.75, 3.05) is 7.11 Å². The number of hydrogen-bond donors (Lipinski definition) is 1. The maximum atomic E-state index is 14.6. The molecule has 0 fully saturated rings. The van der Waals surface area contributed by atoms with Crippen molar-refractivity contribution in [2.45, 2.75) is 0 Å². The van der Waals surface area contributed by atoms with Crippen molar-refractivity contribution < 1.29 is 23.4 Å². The van der Waals surface area contributed by atoms with Gasteiger partial charge in [-0.15, -0.1) is 11.3 Å². The number of hydrogen-bond acceptors (Lipinski definition) is 3. The van der Waals surface area contributed by atoms with Gasteiger partial charge in [-0.2, -0.15) is 0 Å². The standard InChI is InChI=1S/C16H9ClF2O3S/c1-22-10-5-4-9(18)13(14(10)19)12-8-3-2-7(17)6-11(8)23-15(12)16(20)21/h2-6H,1H3,(H,20,21). The molecule has 0 bridgehead atoms. The zero-order valence-corrected chi connectivity index (χ0v) is 13.3. The summed E-state index contributed by atoms with van der Waals surface area (Å²) in [6.45, 7) is 0. The van der Waals surface area contributed by atoms with Crippen LogP contribution in [0.15, 0.2) is 30.3 Å². The van der Waals surface area contributed by atoms with E-state index in [1.807, 2.05) is 0 Å². The third-order valence-electron chi connectivity index (χ3n) is 3.37. The minimum absolute atomic E-state index is 0.0110. The van der Waals surface area contributed by atoms with E-state index >= 15 is 0 Å². The maximum absolute atomic E-state index is 14.6. The molecular formula is C16H9ClF2O3S. The van der Waals surface area contributed by atoms with E-state index in [-0.39, 0.29) is 16.2 Å². The molecule has 0 aliphatic heterocycles. The molecule has 0 amide bonds. The molecule has 1 N–H and O–H groups in total. The van der Waals surface area contributed by atoms with Crippen molar-refractivity contribution in [1.29, 1.82) is 0 Å². The molecule has 0 spiro atoms. The molecule has 3 aromatic rings. The number of benzene rings is 2. The van der Waals surface area contributed by atoms with E-state index in [2.05, 4.69) is 0 Å². The molecule has 0 unspecified atom stereocenters. The predicted octanol–water partition coefficient (Wildman–Crippen LogP) is 5.21. The molecule has 0 radical (unpaired) electrons. The normalized spacial score (nSPS) is 11.0. The Morgan fingerprint density at radius 2 is 1.96 bits per heavy atom. The number of fused-ring (bicyclic) bond motifs is 1. The fourth-order valence-corrected chi connectivity index (χ4v) is 3.71. The second kappa shape index (κ2) is 5.79. The average Bonchev–Trinajstić information content (AvgIpc) is 2.86. The second-order valence-electron chi connectivity index (χ2n) is 4.69. The maximum Gasteiger partial charge on any atom is 0.346 e. The largest absolute Gasteiger partial charge is 0.494 e. The third kappa shape index (κ3) is 2.54. The first kappa shape index (κ1) is 15.7. The summed E-state index contributed by atoms with van der Waals surface area (Å²) >= 11 is 6.82. The predicted molar refractivity (Wildman–Crippen MR) is 85.7 cm³/mol. The number of halogens is 3. The molecular weight excluding hydrogens is 346 g/mol. The van der Waals surface area contributed by atoms with Crippen LogP contribution >= 0.6 is 22.9 Å². The van der Waals surface area contributed by atoms with Gasteiger partial charge in [-0.25, -0.2) is 13.6 Å². The number of methoxy groups -OCH3 is 1. The van der Waals surface area contributed by atoms with Crippen molar-refractivity contribution in [3.05, 3.63) is 51.9 Å². The molecule has 1 heterocycles. The van der Waals surface area contributed by atoms with Gasteiger partial charge >= 0.3 is 5.97 Å². The highest BCUT2D eigenvalue weighted by molar-refractivity contribution is 7.21. The molecule has 118 valence electrons. The molecule has 0 aliphatic carbocycles. The van der Waals surface area contributed by atoms with Gasteiger partial charge in [0, 0.05) is 20.7 Å². The molecule has 23 heavy (non-hydrogen) atoms. The Balaban J connectivity index is 2.45. The Bertz CT molecular complexity index is 937. The van der Waals surface area contributed by atoms with Crippen LogP contribution in [0.5, 0.6) is 5.75 Å². The average molecular weight is 355 g/mol. The highest BCUT2D eigenvalue weighted by Crippen LogP contribution is 2.43. The molecule has 1 aromatic heterocycles. The minimum atomic E-state index is -1.26. The molecule has 0 aliphatic rings. The first-order valence-corrected chi connectivity index (χ1v) is 7.61. The lowest BCUT2D eigenvalue weighted by atomic mass is 10.00. The van der Waals surface area contributed by atoms with Crippen LogP contribution in [0.2, 0.25) is 5.02 Å². The van der Waals surface area contributed by atoms with Gasteiger partial charge in [0.25, 0.3) is 0 Å². The zero-order chi connectivity index (χ0) is 16.7. The molecule has 2 aromatic carbocycles. The molecule has 0 saturated heterocycles. The monoisotopic (exact) mass is 354 g/mol. The summed E-state index contributed by atoms with van der Waals surface area (Å²) in [4.78, 5) is 11.4. The molecule has 0 atom stereocenters. The number of carboxylic acids is 1. The Kier molecular flexibility index (Phi) is 3.95. The van der Waals surface area contributed by atoms with E-state index in [1.165, 1.54) is 7.11 Å². The number of ether oxygens (including phenoxy) is 1. The van der Waals surface area contributed by atoms with Crippen LogP contribution in [0.1, 0.15) is 9.67 Å². The number of aromatic carboxylic acids is 1. The van der Waals surface area contributed by atoms with Crippen molar-refractivity contribution >= 4 is 39.0 Å². The van der Waals surface area contributed by atoms with Gasteiger partial charge in [-0.05, 0) is 24.3 Å². The minimum Gasteiger partial charge on any atom is -0.494 e. The van der Waals surface area contributed by atoms with Crippen LogP contribution in [0.3, 0.4) is 0 Å². The number of thiophene rings is 1. The topological polar surface area (TPSA) is 46.5 Å². The van der Waals surface area contributed by atoms with E-state index < -0.39 is 23.2 Å². The summed E-state index contributed by atoms with van der Waals surface area (Å²) < 4.78 is 34.2. The summed E-state index contributed by atoms with van der Waals surface area (Å²) in [6.07, 6.45) is 0. The first-order valence-electron chi connectivity index (χ1n) is 6.41. The highest BCUT2D eigenvalue weighted by Gasteiger charge is 2.26. The quantitative estimate of drug-likeness (QED) is 0.702. The van der Waals surface area contributed by atoms with Crippen LogP contribution in [0.4, 0.5) is 8.78 Å². The van der Waals surface area contributed by atoms with Crippen LogP contribution in [0.25, 0.3) is 21.2 Å². The van der Waals surface area contributed by atoms with Gasteiger partial charge in [0.2, 0.25) is 0 Å². The molecule has 3 rings (SSSR count). The highest BCUT2D eigenvalue weighted by atomic mass is 35.5. The summed E-state index contributed by atoms with van der Waals surface area (Å²) in [5.41, 5.74) is -0.432. The molecule has 7 heteroatoms. The third-order valence-corrected chi connectivity index (χ3v) is 4.75. The fraction of sp³-hybridized carbons (Fsp3) is 0.0625. The van der Waals surface area contributed by atoms with Gasteiger partial charge in [0.1, 0.15) is 10.7 Å². The van der Waals surface area contributed by atoms with Gasteiger partial charge in [0.05, 0.1) is 12.7 Å². The SMILES string of the molecule is COc1ccc(F)c(-c2c(C(=O)O)sc3cc(Cl)ccc23)c1F. The van der Waals surface area contributed by atoms with E-state index in [1.54, 1.807) is 18.2 Å². The van der Waals surface area contributed by atoms with Crippen LogP contribution in [0, 0.1) is 11.6 Å². The zero-order valence-electron chi connectivity index (χ0n) is 11.7. The summed E-state index contributed by atoms with van der Waals surface area (Å²) in [5.74, 6) is -3.23. The van der Waals surface area contributed by atoms with Crippen molar-refractivity contribution in [3.63, 3.8) is 0 Å². The summed E-state index contributed by atoms with van der Waals surface area (Å²) in [6, 6.07) is 6.85. The van der Waals surface area contributed by atoms with Crippen LogP contribution in [-0.2, 0) is 0 Å². The van der Waals surface area contributed by atoms with Crippen molar-refractivity contribution in [1.82, 2.24) is 0 Å². The van der Waals surface area contributed by atoms with Gasteiger partial charge in [-0.3, -0.25) is 0 Å². The fourth-order valence-electron chi connectivity index (χ4n) is 2.39. The van der Waals surface area contributed by atoms with Crippen molar-refractivity contribution in [3.8, 4) is 16.9 Å². The van der Waals surface area contributed by atoms with E-state index in [9.17, 15) is 18.7 Å². The van der Waals surface area contributed by atoms with Crippen LogP contribution < -0.4 is 4.74 Å². The van der Waals surface area contributed by atoms with E-state index in [0.29, 0.717) is 15.1 Å². The van der Waals surface area contributed by atoms with Crippen molar-refractivity contribution in [2.24, 2.45) is 0 Å². The summed E-state index contributed by atoms with van der Waals surface area (Å²) in [5, 5.41) is 10.2. The Morgan fingerprint density at radius 1 is 1.22 bits per heavy atom. The van der Waals surface area contributed by atoms with Crippen LogP contribution in [-0.4, -0.2) is 18.2 Å².